The average Bonchev–Trinajstić information content (AvgIpc) is 2.36. The van der Waals surface area contributed by atoms with E-state index in [0.717, 1.165) is 29.6 Å². The van der Waals surface area contributed by atoms with Crippen molar-refractivity contribution in [3.8, 4) is 0 Å². The molecule has 0 aliphatic heterocycles. The van der Waals surface area contributed by atoms with Crippen LogP contribution in [0.5, 0.6) is 0 Å². The Hall–Kier alpha value is 0. The zero-order chi connectivity index (χ0) is 10.6. The number of rotatable bonds is 1. The minimum absolute atomic E-state index is 0.886. The van der Waals surface area contributed by atoms with E-state index in [1.165, 1.54) is 6.42 Å². The van der Waals surface area contributed by atoms with Crippen molar-refractivity contribution in [3.63, 3.8) is 0 Å². The van der Waals surface area contributed by atoms with Crippen molar-refractivity contribution < 1.29 is 0 Å². The maximum Gasteiger partial charge on any atom is -0.0360 e. The molecule has 0 amide bonds. The third-order valence-electron chi connectivity index (χ3n) is 3.90. The Labute approximate surface area is 85.1 Å². The highest BCUT2D eigenvalue weighted by molar-refractivity contribution is 4.85. The van der Waals surface area contributed by atoms with Crippen LogP contribution in [0, 0.1) is 29.6 Å². The summed E-state index contributed by atoms with van der Waals surface area (Å²) in [6.45, 7) is 16.0. The van der Waals surface area contributed by atoms with Crippen LogP contribution in [0.4, 0.5) is 0 Å². The van der Waals surface area contributed by atoms with Gasteiger partial charge in [0.05, 0.1) is 0 Å². The van der Waals surface area contributed by atoms with Gasteiger partial charge in [-0.15, -0.1) is 0 Å². The lowest BCUT2D eigenvalue weighted by Gasteiger charge is -2.21. The van der Waals surface area contributed by atoms with Gasteiger partial charge in [-0.05, 0) is 36.0 Å². The predicted molar refractivity (Wildman–Crippen MR) is 61.8 cm³/mol. The normalized spacial score (nSPS) is 38.8. The van der Waals surface area contributed by atoms with Crippen LogP contribution in [0.1, 0.15) is 54.9 Å². The Kier molecular flexibility index (Phi) is 5.67. The first kappa shape index (κ1) is 13.0. The van der Waals surface area contributed by atoms with Crippen molar-refractivity contribution in [2.45, 2.75) is 54.9 Å². The second-order valence-corrected chi connectivity index (χ2v) is 4.84. The molecule has 0 spiro atoms. The molecule has 1 saturated carbocycles. The molecule has 1 aliphatic carbocycles. The number of hydrogen-bond acceptors (Lipinski definition) is 0. The Morgan fingerprint density at radius 1 is 0.923 bits per heavy atom. The van der Waals surface area contributed by atoms with E-state index in [4.69, 9.17) is 0 Å². The molecule has 4 unspecified atom stereocenters. The molecule has 0 aromatic heterocycles. The predicted octanol–water partition coefficient (Wildman–Crippen LogP) is 4.60. The first-order valence-corrected chi connectivity index (χ1v) is 6.04. The highest BCUT2D eigenvalue weighted by Gasteiger charge is 2.36. The Balaban J connectivity index is 0.000000671. The van der Waals surface area contributed by atoms with Gasteiger partial charge in [-0.1, -0.05) is 48.5 Å². The van der Waals surface area contributed by atoms with Crippen molar-refractivity contribution in [3.05, 3.63) is 0 Å². The fourth-order valence-electron chi connectivity index (χ4n) is 2.65. The molecule has 4 atom stereocenters. The number of hydrogen-bond donors (Lipinski definition) is 0. The summed E-state index contributed by atoms with van der Waals surface area (Å²) in [5.41, 5.74) is 0. The summed E-state index contributed by atoms with van der Waals surface area (Å²) in [7, 11) is 0. The van der Waals surface area contributed by atoms with E-state index >= 15 is 0 Å². The molecule has 0 aromatic rings. The second kappa shape index (κ2) is 5.67. The molecule has 80 valence electrons. The van der Waals surface area contributed by atoms with Gasteiger partial charge in [0.25, 0.3) is 0 Å². The SMILES string of the molecule is CC.CC(C)C1CC(C)C(C)C1C. The summed E-state index contributed by atoms with van der Waals surface area (Å²) >= 11 is 0. The van der Waals surface area contributed by atoms with Crippen molar-refractivity contribution in [1.82, 2.24) is 0 Å². The fourth-order valence-corrected chi connectivity index (χ4v) is 2.65. The smallest absolute Gasteiger partial charge is 0.0360 e. The van der Waals surface area contributed by atoms with E-state index < -0.39 is 0 Å². The van der Waals surface area contributed by atoms with Crippen LogP contribution in [0.25, 0.3) is 0 Å². The Bertz CT molecular complexity index is 126. The quantitative estimate of drug-likeness (QED) is 0.559. The van der Waals surface area contributed by atoms with E-state index in [9.17, 15) is 0 Å². The van der Waals surface area contributed by atoms with Crippen LogP contribution in [0.3, 0.4) is 0 Å². The fraction of sp³-hybridized carbons (Fsp3) is 1.00. The van der Waals surface area contributed by atoms with E-state index in [1.807, 2.05) is 13.8 Å². The van der Waals surface area contributed by atoms with Gasteiger partial charge in [0.2, 0.25) is 0 Å². The summed E-state index contributed by atoms with van der Waals surface area (Å²) in [5.74, 6) is 4.72. The average molecular weight is 184 g/mol. The first-order chi connectivity index (χ1) is 6.04. The summed E-state index contributed by atoms with van der Waals surface area (Å²) < 4.78 is 0. The second-order valence-electron chi connectivity index (χ2n) is 4.84. The van der Waals surface area contributed by atoms with Crippen molar-refractivity contribution in [2.75, 3.05) is 0 Å². The monoisotopic (exact) mass is 184 g/mol. The van der Waals surface area contributed by atoms with Gasteiger partial charge >= 0.3 is 0 Å². The molecule has 1 rings (SSSR count). The van der Waals surface area contributed by atoms with Gasteiger partial charge in [-0.25, -0.2) is 0 Å². The molecule has 0 heteroatoms. The first-order valence-electron chi connectivity index (χ1n) is 6.04. The van der Waals surface area contributed by atoms with Gasteiger partial charge < -0.3 is 0 Å². The van der Waals surface area contributed by atoms with Crippen molar-refractivity contribution in [2.24, 2.45) is 29.6 Å². The summed E-state index contributed by atoms with van der Waals surface area (Å²) in [4.78, 5) is 0. The van der Waals surface area contributed by atoms with Crippen LogP contribution in [-0.2, 0) is 0 Å². The minimum atomic E-state index is 0.886. The maximum atomic E-state index is 2.43. The molecule has 1 fully saturated rings. The molecule has 0 nitrogen and oxygen atoms in total. The zero-order valence-electron chi connectivity index (χ0n) is 10.6. The Morgan fingerprint density at radius 3 is 1.54 bits per heavy atom. The zero-order valence-corrected chi connectivity index (χ0v) is 10.6. The molecule has 0 bridgehead atoms. The molecule has 0 heterocycles. The van der Waals surface area contributed by atoms with Gasteiger partial charge in [-0.3, -0.25) is 0 Å². The van der Waals surface area contributed by atoms with Gasteiger partial charge in [0, 0.05) is 0 Å². The van der Waals surface area contributed by atoms with Crippen LogP contribution in [-0.4, -0.2) is 0 Å². The topological polar surface area (TPSA) is 0 Å². The van der Waals surface area contributed by atoms with Crippen LogP contribution >= 0.6 is 0 Å². The van der Waals surface area contributed by atoms with E-state index in [-0.39, 0.29) is 0 Å². The maximum absolute atomic E-state index is 2.43. The molecule has 0 N–H and O–H groups in total. The lowest BCUT2D eigenvalue weighted by atomic mass is 9.84. The van der Waals surface area contributed by atoms with E-state index in [0.29, 0.717) is 0 Å². The minimum Gasteiger partial charge on any atom is -0.0683 e. The standard InChI is InChI=1S/C11H22.C2H6/c1-7(2)11-6-8(3)9(4)10(11)5;1-2/h7-11H,6H2,1-5H3;1-2H3. The molecule has 13 heavy (non-hydrogen) atoms. The van der Waals surface area contributed by atoms with Crippen molar-refractivity contribution >= 4 is 0 Å². The summed E-state index contributed by atoms with van der Waals surface area (Å²) in [6, 6.07) is 0. The molecular formula is C13H28. The Morgan fingerprint density at radius 2 is 1.38 bits per heavy atom. The lowest BCUT2D eigenvalue weighted by molar-refractivity contribution is 0.279. The lowest BCUT2D eigenvalue weighted by Crippen LogP contribution is -2.14. The molecule has 0 saturated heterocycles. The highest BCUT2D eigenvalue weighted by Crippen LogP contribution is 2.44. The highest BCUT2D eigenvalue weighted by atomic mass is 14.4. The van der Waals surface area contributed by atoms with Gasteiger partial charge in [-0.2, -0.15) is 0 Å². The molecule has 1 aliphatic rings. The third-order valence-corrected chi connectivity index (χ3v) is 3.90. The van der Waals surface area contributed by atoms with Crippen molar-refractivity contribution in [1.29, 1.82) is 0 Å². The summed E-state index contributed by atoms with van der Waals surface area (Å²) in [6.07, 6.45) is 1.46. The van der Waals surface area contributed by atoms with Gasteiger partial charge in [0.15, 0.2) is 0 Å². The molecule has 0 radical (unpaired) electrons. The van der Waals surface area contributed by atoms with E-state index in [2.05, 4.69) is 34.6 Å². The summed E-state index contributed by atoms with van der Waals surface area (Å²) in [5, 5.41) is 0. The molecule has 0 aromatic carbocycles. The van der Waals surface area contributed by atoms with Crippen LogP contribution in [0.15, 0.2) is 0 Å². The molecular weight excluding hydrogens is 156 g/mol. The third kappa shape index (κ3) is 3.00. The van der Waals surface area contributed by atoms with E-state index in [1.54, 1.807) is 0 Å². The largest absolute Gasteiger partial charge is 0.0683 e. The van der Waals surface area contributed by atoms with Gasteiger partial charge in [0.1, 0.15) is 0 Å². The van der Waals surface area contributed by atoms with Crippen LogP contribution in [0.2, 0.25) is 0 Å². The van der Waals surface area contributed by atoms with Crippen LogP contribution < -0.4 is 0 Å².